The number of carbonyl (C=O) groups excluding carboxylic acids is 1. The summed E-state index contributed by atoms with van der Waals surface area (Å²) < 4.78 is 7.55. The van der Waals surface area contributed by atoms with Crippen LogP contribution in [0.15, 0.2) is 12.1 Å². The third kappa shape index (κ3) is 2.49. The highest BCUT2D eigenvalue weighted by Crippen LogP contribution is 2.41. The van der Waals surface area contributed by atoms with Crippen LogP contribution in [0.25, 0.3) is 10.9 Å². The number of hydrogen-bond donors (Lipinski definition) is 1. The molecular weight excluding hydrogens is 325 g/mol. The van der Waals surface area contributed by atoms with Crippen LogP contribution < -0.4 is 10.1 Å². The Bertz CT molecular complexity index is 807. The second-order valence-corrected chi connectivity index (χ2v) is 6.01. The van der Waals surface area contributed by atoms with E-state index in [9.17, 15) is 4.79 Å². The van der Waals surface area contributed by atoms with E-state index >= 15 is 0 Å². The first-order valence-electron chi connectivity index (χ1n) is 6.78. The van der Waals surface area contributed by atoms with E-state index in [-0.39, 0.29) is 18.6 Å². The van der Waals surface area contributed by atoms with Gasteiger partial charge in [0.15, 0.2) is 6.61 Å². The van der Waals surface area contributed by atoms with Crippen molar-refractivity contribution >= 4 is 40.0 Å². The molecule has 0 aliphatic carbocycles. The fourth-order valence-electron chi connectivity index (χ4n) is 2.93. The van der Waals surface area contributed by atoms with Crippen molar-refractivity contribution in [2.45, 2.75) is 25.9 Å². The Morgan fingerprint density at radius 3 is 3.00 bits per heavy atom. The third-order valence-corrected chi connectivity index (χ3v) is 4.48. The fourth-order valence-corrected chi connectivity index (χ4v) is 3.33. The van der Waals surface area contributed by atoms with Crippen molar-refractivity contribution in [1.82, 2.24) is 9.88 Å². The van der Waals surface area contributed by atoms with Crippen LogP contribution in [0.5, 0.6) is 5.75 Å². The molecule has 5 nitrogen and oxygen atoms in total. The highest BCUT2D eigenvalue weighted by molar-refractivity contribution is 6.45. The summed E-state index contributed by atoms with van der Waals surface area (Å²) in [6, 6.07) is 5.59. The molecule has 0 saturated heterocycles. The molecule has 1 aliphatic rings. The van der Waals surface area contributed by atoms with Crippen molar-refractivity contribution in [3.63, 3.8) is 0 Å². The molecule has 1 aliphatic heterocycles. The minimum Gasteiger partial charge on any atom is -0.476 e. The normalized spacial score (nSPS) is 16.4. The zero-order valence-corrected chi connectivity index (χ0v) is 13.3. The van der Waals surface area contributed by atoms with Gasteiger partial charge in [0.05, 0.1) is 21.6 Å². The van der Waals surface area contributed by atoms with E-state index in [0.29, 0.717) is 22.3 Å². The van der Waals surface area contributed by atoms with E-state index in [0.717, 1.165) is 23.0 Å². The highest BCUT2D eigenvalue weighted by Gasteiger charge is 2.27. The van der Waals surface area contributed by atoms with E-state index < -0.39 is 0 Å². The molecule has 1 aromatic carbocycles. The lowest BCUT2D eigenvalue weighted by atomic mass is 10.1. The summed E-state index contributed by atoms with van der Waals surface area (Å²) in [7, 11) is 0. The predicted octanol–water partition coefficient (Wildman–Crippen LogP) is 2.91. The maximum atomic E-state index is 11.2. The summed E-state index contributed by atoms with van der Waals surface area (Å²) >= 11 is 12.4. The number of halogens is 2. The summed E-state index contributed by atoms with van der Waals surface area (Å²) in [5.74, 6) is 0.475. The van der Waals surface area contributed by atoms with Gasteiger partial charge in [-0.1, -0.05) is 23.2 Å². The molecule has 2 heterocycles. The van der Waals surface area contributed by atoms with Crippen LogP contribution in [0.4, 0.5) is 0 Å². The molecule has 2 aromatic rings. The van der Waals surface area contributed by atoms with Gasteiger partial charge >= 0.3 is 0 Å². The van der Waals surface area contributed by atoms with Gasteiger partial charge in [-0.05, 0) is 6.07 Å². The minimum atomic E-state index is -0.0668. The molecule has 1 aromatic heterocycles. The van der Waals surface area contributed by atoms with Gasteiger partial charge in [-0.15, -0.1) is 0 Å². The molecular formula is C15H13Cl2N3O2. The van der Waals surface area contributed by atoms with E-state index in [1.807, 2.05) is 12.1 Å². The lowest BCUT2D eigenvalue weighted by Crippen LogP contribution is -2.34. The number of fused-ring (bicyclic) bond motifs is 3. The van der Waals surface area contributed by atoms with E-state index in [1.165, 1.54) is 6.92 Å². The molecule has 3 rings (SSSR count). The van der Waals surface area contributed by atoms with Gasteiger partial charge in [-0.3, -0.25) is 4.79 Å². The highest BCUT2D eigenvalue weighted by atomic mass is 35.5. The lowest BCUT2D eigenvalue weighted by Gasteiger charge is -2.13. The maximum absolute atomic E-state index is 11.2. The Balaban J connectivity index is 2.08. The van der Waals surface area contributed by atoms with Crippen molar-refractivity contribution < 1.29 is 9.53 Å². The van der Waals surface area contributed by atoms with Crippen LogP contribution >= 0.6 is 23.2 Å². The summed E-state index contributed by atoms with van der Waals surface area (Å²) in [4.78, 5) is 11.2. The summed E-state index contributed by atoms with van der Waals surface area (Å²) in [5.41, 5.74) is 1.87. The molecule has 1 atom stereocenters. The Morgan fingerprint density at radius 2 is 2.32 bits per heavy atom. The van der Waals surface area contributed by atoms with Crippen LogP contribution in [-0.2, 0) is 17.8 Å². The summed E-state index contributed by atoms with van der Waals surface area (Å²) in [6.07, 6.45) is 0.722. The zero-order chi connectivity index (χ0) is 15.9. The lowest BCUT2D eigenvalue weighted by molar-refractivity contribution is -0.119. The van der Waals surface area contributed by atoms with E-state index in [2.05, 4.69) is 9.88 Å². The second-order valence-electron chi connectivity index (χ2n) is 5.23. The van der Waals surface area contributed by atoms with Gasteiger partial charge in [-0.25, -0.2) is 0 Å². The van der Waals surface area contributed by atoms with Crippen molar-refractivity contribution in [3.8, 4) is 11.8 Å². The quantitative estimate of drug-likeness (QED) is 0.936. The number of nitriles is 1. The van der Waals surface area contributed by atoms with Crippen molar-refractivity contribution in [1.29, 1.82) is 5.26 Å². The SMILES string of the molecule is CC(=O)NC1Cc2cc3c(Cl)c(Cl)cc(OCC#N)c3n2C1. The van der Waals surface area contributed by atoms with Crippen molar-refractivity contribution in [2.24, 2.45) is 0 Å². The third-order valence-electron chi connectivity index (χ3n) is 3.68. The molecule has 22 heavy (non-hydrogen) atoms. The molecule has 7 heteroatoms. The molecule has 0 saturated carbocycles. The molecule has 114 valence electrons. The van der Waals surface area contributed by atoms with Gasteiger partial charge in [0.2, 0.25) is 5.91 Å². The minimum absolute atomic E-state index is 0.0511. The number of hydrogen-bond acceptors (Lipinski definition) is 3. The van der Waals surface area contributed by atoms with Crippen LogP contribution in [0, 0.1) is 11.3 Å². The van der Waals surface area contributed by atoms with Crippen molar-refractivity contribution in [2.75, 3.05) is 6.61 Å². The number of amides is 1. The number of nitrogens with one attached hydrogen (secondary N) is 1. The predicted molar refractivity (Wildman–Crippen MR) is 84.4 cm³/mol. The summed E-state index contributed by atoms with van der Waals surface area (Å²) in [6.45, 7) is 2.08. The number of aromatic nitrogens is 1. The Kier molecular flexibility index (Phi) is 3.90. The van der Waals surface area contributed by atoms with Gasteiger partial charge in [0, 0.05) is 37.0 Å². The molecule has 1 N–H and O–H groups in total. The first-order chi connectivity index (χ1) is 10.5. The monoisotopic (exact) mass is 337 g/mol. The number of ether oxygens (including phenoxy) is 1. The topological polar surface area (TPSA) is 67.0 Å². The number of nitrogens with zero attached hydrogens (tertiary/aromatic N) is 2. The number of rotatable bonds is 3. The first-order valence-corrected chi connectivity index (χ1v) is 7.53. The van der Waals surface area contributed by atoms with Crippen LogP contribution in [0.2, 0.25) is 10.0 Å². The standard InChI is InChI=1S/C15H13Cl2N3O2/c1-8(21)19-9-4-10-5-11-14(17)12(16)6-13(22-3-2-18)15(11)20(10)7-9/h5-6,9H,3-4,7H2,1H3,(H,19,21). The molecule has 1 unspecified atom stereocenters. The zero-order valence-electron chi connectivity index (χ0n) is 11.8. The van der Waals surface area contributed by atoms with Crippen molar-refractivity contribution in [3.05, 3.63) is 27.9 Å². The molecule has 1 amide bonds. The van der Waals surface area contributed by atoms with Crippen LogP contribution in [0.1, 0.15) is 12.6 Å². The van der Waals surface area contributed by atoms with Crippen LogP contribution in [-0.4, -0.2) is 23.1 Å². The van der Waals surface area contributed by atoms with Gasteiger partial charge in [0.1, 0.15) is 11.8 Å². The average molecular weight is 338 g/mol. The molecule has 0 spiro atoms. The van der Waals surface area contributed by atoms with Gasteiger partial charge < -0.3 is 14.6 Å². The average Bonchev–Trinajstić information content (AvgIpc) is 2.97. The second kappa shape index (κ2) is 5.71. The Hall–Kier alpha value is -1.90. The fraction of sp³-hybridized carbons (Fsp3) is 0.333. The van der Waals surface area contributed by atoms with E-state index in [4.69, 9.17) is 33.2 Å². The molecule has 0 fully saturated rings. The van der Waals surface area contributed by atoms with E-state index in [1.54, 1.807) is 6.07 Å². The smallest absolute Gasteiger partial charge is 0.217 e. The van der Waals surface area contributed by atoms with Gasteiger partial charge in [-0.2, -0.15) is 5.26 Å². The molecule has 0 bridgehead atoms. The number of carbonyl (C=O) groups is 1. The largest absolute Gasteiger partial charge is 0.476 e. The van der Waals surface area contributed by atoms with Crippen LogP contribution in [0.3, 0.4) is 0 Å². The summed E-state index contributed by atoms with van der Waals surface area (Å²) in [5, 5.41) is 13.3. The maximum Gasteiger partial charge on any atom is 0.217 e. The molecule has 0 radical (unpaired) electrons. The first kappa shape index (κ1) is 15.0. The number of benzene rings is 1. The van der Waals surface area contributed by atoms with Gasteiger partial charge in [0.25, 0.3) is 0 Å². The Morgan fingerprint density at radius 1 is 1.55 bits per heavy atom. The Labute approximate surface area is 137 Å².